The van der Waals surface area contributed by atoms with E-state index in [4.69, 9.17) is 0 Å². The second-order valence-corrected chi connectivity index (χ2v) is 5.09. The van der Waals surface area contributed by atoms with Crippen molar-refractivity contribution in [3.63, 3.8) is 0 Å². The van der Waals surface area contributed by atoms with Gasteiger partial charge in [0.15, 0.2) is 0 Å². The van der Waals surface area contributed by atoms with Crippen LogP contribution >= 0.6 is 0 Å². The molecule has 1 atom stereocenters. The van der Waals surface area contributed by atoms with Gasteiger partial charge in [0.1, 0.15) is 0 Å². The quantitative estimate of drug-likeness (QED) is 0.898. The number of aliphatic hydroxyl groups excluding tert-OH is 1. The minimum atomic E-state index is -0.461. The van der Waals surface area contributed by atoms with E-state index in [1.54, 1.807) is 6.20 Å². The van der Waals surface area contributed by atoms with Crippen LogP contribution in [0.5, 0.6) is 0 Å². The Kier molecular flexibility index (Phi) is 3.82. The van der Waals surface area contributed by atoms with Crippen LogP contribution in [0.3, 0.4) is 0 Å². The van der Waals surface area contributed by atoms with Gasteiger partial charge in [0.2, 0.25) is 0 Å². The lowest BCUT2D eigenvalue weighted by atomic mass is 10.0. The maximum atomic E-state index is 10.1. The van der Waals surface area contributed by atoms with Crippen LogP contribution < -0.4 is 0 Å². The highest BCUT2D eigenvalue weighted by atomic mass is 16.3. The van der Waals surface area contributed by atoms with Crippen molar-refractivity contribution in [1.82, 2.24) is 9.78 Å². The molecule has 3 nitrogen and oxygen atoms in total. The summed E-state index contributed by atoms with van der Waals surface area (Å²) in [7, 11) is 0. The average Bonchev–Trinajstić information content (AvgIpc) is 2.76. The van der Waals surface area contributed by atoms with E-state index in [1.807, 2.05) is 30.7 Å². The smallest absolute Gasteiger partial charge is 0.0979 e. The Balaban J connectivity index is 2.22. The molecule has 96 valence electrons. The molecule has 1 N–H and O–H groups in total. The van der Waals surface area contributed by atoms with Crippen LogP contribution in [0.4, 0.5) is 0 Å². The van der Waals surface area contributed by atoms with E-state index in [9.17, 15) is 5.11 Å². The Bertz CT molecular complexity index is 517. The Labute approximate surface area is 108 Å². The molecule has 2 aromatic rings. The predicted molar refractivity (Wildman–Crippen MR) is 72.3 cm³/mol. The molecule has 18 heavy (non-hydrogen) atoms. The second kappa shape index (κ2) is 5.36. The first-order chi connectivity index (χ1) is 8.58. The zero-order valence-electron chi connectivity index (χ0n) is 11.2. The molecule has 0 aliphatic rings. The van der Waals surface area contributed by atoms with Gasteiger partial charge in [-0.15, -0.1) is 0 Å². The largest absolute Gasteiger partial charge is 0.387 e. The summed E-state index contributed by atoms with van der Waals surface area (Å²) in [6.07, 6.45) is 1.29. The van der Waals surface area contributed by atoms with Gasteiger partial charge in [0.05, 0.1) is 18.3 Å². The lowest BCUT2D eigenvalue weighted by Crippen LogP contribution is -2.14. The first-order valence-corrected chi connectivity index (χ1v) is 6.33. The number of hydrogen-bond donors (Lipinski definition) is 1. The first kappa shape index (κ1) is 12.8. The van der Waals surface area contributed by atoms with Crippen LogP contribution in [0.1, 0.15) is 36.8 Å². The fourth-order valence-corrected chi connectivity index (χ4v) is 2.05. The van der Waals surface area contributed by atoms with E-state index in [0.29, 0.717) is 6.54 Å². The van der Waals surface area contributed by atoms with Crippen molar-refractivity contribution < 1.29 is 5.11 Å². The monoisotopic (exact) mass is 244 g/mol. The predicted octanol–water partition coefficient (Wildman–Crippen LogP) is 2.93. The van der Waals surface area contributed by atoms with E-state index >= 15 is 0 Å². The zero-order chi connectivity index (χ0) is 13.1. The highest BCUT2D eigenvalue weighted by Gasteiger charge is 2.16. The fraction of sp³-hybridized carbons (Fsp3) is 0.400. The summed E-state index contributed by atoms with van der Waals surface area (Å²) >= 11 is 0. The minimum Gasteiger partial charge on any atom is -0.387 e. The Morgan fingerprint density at radius 3 is 2.72 bits per heavy atom. The van der Waals surface area contributed by atoms with E-state index in [-0.39, 0.29) is 5.92 Å². The van der Waals surface area contributed by atoms with E-state index < -0.39 is 6.10 Å². The summed E-state index contributed by atoms with van der Waals surface area (Å²) in [5.41, 5.74) is 3.33. The number of nitrogens with zero attached hydrogens (tertiary/aromatic N) is 2. The van der Waals surface area contributed by atoms with Gasteiger partial charge in [-0.05, 0) is 24.5 Å². The van der Waals surface area contributed by atoms with Crippen LogP contribution in [0.25, 0.3) is 0 Å². The summed E-state index contributed by atoms with van der Waals surface area (Å²) in [6, 6.07) is 10.2. The van der Waals surface area contributed by atoms with Crippen molar-refractivity contribution in [2.45, 2.75) is 33.4 Å². The summed E-state index contributed by atoms with van der Waals surface area (Å²) < 4.78 is 1.87. The number of benzene rings is 1. The minimum absolute atomic E-state index is 0.193. The van der Waals surface area contributed by atoms with Gasteiger partial charge in [0.25, 0.3) is 0 Å². The topological polar surface area (TPSA) is 38.0 Å². The third-order valence-electron chi connectivity index (χ3n) is 3.10. The number of aromatic nitrogens is 2. The molecular formula is C15H20N2O. The lowest BCUT2D eigenvalue weighted by molar-refractivity contribution is 0.117. The van der Waals surface area contributed by atoms with Gasteiger partial charge in [-0.25, -0.2) is 0 Å². The lowest BCUT2D eigenvalue weighted by Gasteiger charge is -2.16. The first-order valence-electron chi connectivity index (χ1n) is 6.33. The molecule has 0 spiro atoms. The molecule has 1 aromatic heterocycles. The maximum Gasteiger partial charge on any atom is 0.0979 e. The SMILES string of the molecule is Cc1cccc(Cn2nccc2C(O)C(C)C)c1. The van der Waals surface area contributed by atoms with Gasteiger partial charge in [-0.3, -0.25) is 4.68 Å². The van der Waals surface area contributed by atoms with Gasteiger partial charge in [-0.1, -0.05) is 43.7 Å². The van der Waals surface area contributed by atoms with Crippen molar-refractivity contribution in [2.24, 2.45) is 5.92 Å². The molecule has 2 rings (SSSR count). The van der Waals surface area contributed by atoms with Crippen LogP contribution in [-0.2, 0) is 6.54 Å². The molecule has 1 heterocycles. The third-order valence-corrected chi connectivity index (χ3v) is 3.10. The number of hydrogen-bond acceptors (Lipinski definition) is 2. The van der Waals surface area contributed by atoms with Crippen LogP contribution in [0.2, 0.25) is 0 Å². The summed E-state index contributed by atoms with van der Waals surface area (Å²) in [5.74, 6) is 0.193. The second-order valence-electron chi connectivity index (χ2n) is 5.09. The maximum absolute atomic E-state index is 10.1. The molecule has 0 aliphatic carbocycles. The molecule has 1 unspecified atom stereocenters. The number of rotatable bonds is 4. The third kappa shape index (κ3) is 2.79. The van der Waals surface area contributed by atoms with Crippen LogP contribution in [0.15, 0.2) is 36.5 Å². The molecular weight excluding hydrogens is 224 g/mol. The Morgan fingerprint density at radius 2 is 2.06 bits per heavy atom. The normalized spacial score (nSPS) is 12.9. The molecule has 0 bridgehead atoms. The molecule has 0 aliphatic heterocycles. The summed E-state index contributed by atoms with van der Waals surface area (Å²) in [4.78, 5) is 0. The van der Waals surface area contributed by atoms with Gasteiger partial charge >= 0.3 is 0 Å². The van der Waals surface area contributed by atoms with Crippen molar-refractivity contribution in [1.29, 1.82) is 0 Å². The molecule has 1 aromatic carbocycles. The van der Waals surface area contributed by atoms with Crippen molar-refractivity contribution in [2.75, 3.05) is 0 Å². The fourth-order valence-electron chi connectivity index (χ4n) is 2.05. The summed E-state index contributed by atoms with van der Waals surface area (Å²) in [5, 5.41) is 14.4. The number of aryl methyl sites for hydroxylation is 1. The van der Waals surface area contributed by atoms with Crippen LogP contribution in [0, 0.1) is 12.8 Å². The van der Waals surface area contributed by atoms with Crippen molar-refractivity contribution in [3.8, 4) is 0 Å². The van der Waals surface area contributed by atoms with E-state index in [0.717, 1.165) is 5.69 Å². The highest BCUT2D eigenvalue weighted by molar-refractivity contribution is 5.23. The van der Waals surface area contributed by atoms with E-state index in [2.05, 4.69) is 30.2 Å². The van der Waals surface area contributed by atoms with Crippen molar-refractivity contribution in [3.05, 3.63) is 53.3 Å². The highest BCUT2D eigenvalue weighted by Crippen LogP contribution is 2.21. The standard InChI is InChI=1S/C15H20N2O/c1-11(2)15(18)14-7-8-16-17(14)10-13-6-4-5-12(3)9-13/h4-9,11,15,18H,10H2,1-3H3. The molecule has 0 saturated heterocycles. The Morgan fingerprint density at radius 1 is 1.28 bits per heavy atom. The summed E-state index contributed by atoms with van der Waals surface area (Å²) in [6.45, 7) is 6.80. The van der Waals surface area contributed by atoms with Gasteiger partial charge in [0, 0.05) is 6.20 Å². The molecule has 3 heteroatoms. The van der Waals surface area contributed by atoms with Gasteiger partial charge < -0.3 is 5.11 Å². The Hall–Kier alpha value is -1.61. The zero-order valence-corrected chi connectivity index (χ0v) is 11.2. The van der Waals surface area contributed by atoms with Crippen molar-refractivity contribution >= 4 is 0 Å². The van der Waals surface area contributed by atoms with Crippen LogP contribution in [-0.4, -0.2) is 14.9 Å². The van der Waals surface area contributed by atoms with E-state index in [1.165, 1.54) is 11.1 Å². The van der Waals surface area contributed by atoms with Gasteiger partial charge in [-0.2, -0.15) is 5.10 Å². The number of aliphatic hydroxyl groups is 1. The molecule has 0 amide bonds. The average molecular weight is 244 g/mol. The molecule has 0 radical (unpaired) electrons. The molecule has 0 fully saturated rings. The molecule has 0 saturated carbocycles.